The average Bonchev–Trinajstić information content (AvgIpc) is 2.17. The van der Waals surface area contributed by atoms with E-state index in [0.717, 1.165) is 38.5 Å². The summed E-state index contributed by atoms with van der Waals surface area (Å²) in [7, 11) is 0. The van der Waals surface area contributed by atoms with Crippen molar-refractivity contribution in [1.82, 2.24) is 5.32 Å². The Balaban J connectivity index is 2.21. The predicted molar refractivity (Wildman–Crippen MR) is 60.5 cm³/mol. The van der Waals surface area contributed by atoms with Gasteiger partial charge in [-0.15, -0.1) is 0 Å². The fourth-order valence-corrected chi connectivity index (χ4v) is 2.01. The molecule has 1 atom stereocenters. The van der Waals surface area contributed by atoms with Crippen LogP contribution in [0.3, 0.4) is 0 Å². The number of nitrogens with one attached hydrogen (secondary N) is 1. The molecule has 1 aliphatic rings. The summed E-state index contributed by atoms with van der Waals surface area (Å²) in [4.78, 5) is 0. The summed E-state index contributed by atoms with van der Waals surface area (Å²) in [6.07, 6.45) is 4.94. The zero-order chi connectivity index (χ0) is 10.4. The van der Waals surface area contributed by atoms with E-state index in [1.807, 2.05) is 0 Å². The maximum Gasteiger partial charge on any atom is 0.0483 e. The van der Waals surface area contributed by atoms with Gasteiger partial charge in [0.1, 0.15) is 0 Å². The molecule has 0 radical (unpaired) electrons. The largest absolute Gasteiger partial charge is 0.381 e. The molecule has 0 spiro atoms. The van der Waals surface area contributed by atoms with Gasteiger partial charge in [0.05, 0.1) is 0 Å². The van der Waals surface area contributed by atoms with Gasteiger partial charge in [0.25, 0.3) is 0 Å². The van der Waals surface area contributed by atoms with Crippen LogP contribution in [0.1, 0.15) is 46.5 Å². The lowest BCUT2D eigenvalue weighted by Gasteiger charge is -2.35. The molecular weight excluding hydrogens is 174 g/mol. The van der Waals surface area contributed by atoms with Crippen molar-refractivity contribution in [1.29, 1.82) is 0 Å². The lowest BCUT2D eigenvalue weighted by Crippen LogP contribution is -2.48. The van der Waals surface area contributed by atoms with Crippen LogP contribution in [0.4, 0.5) is 0 Å². The molecule has 1 fully saturated rings. The summed E-state index contributed by atoms with van der Waals surface area (Å²) in [5, 5.41) is 3.70. The Morgan fingerprint density at radius 3 is 2.57 bits per heavy atom. The van der Waals surface area contributed by atoms with Crippen LogP contribution in [0, 0.1) is 5.92 Å². The van der Waals surface area contributed by atoms with Crippen LogP contribution in [0.2, 0.25) is 0 Å². The summed E-state index contributed by atoms with van der Waals surface area (Å²) < 4.78 is 5.38. The van der Waals surface area contributed by atoms with Gasteiger partial charge in [-0.3, -0.25) is 0 Å². The van der Waals surface area contributed by atoms with E-state index in [1.165, 1.54) is 12.8 Å². The van der Waals surface area contributed by atoms with Gasteiger partial charge in [0.2, 0.25) is 0 Å². The molecule has 0 aromatic rings. The molecule has 0 bridgehead atoms. The number of hydrogen-bond donors (Lipinski definition) is 1. The van der Waals surface area contributed by atoms with Crippen LogP contribution in [0.5, 0.6) is 0 Å². The second-order valence-electron chi connectivity index (χ2n) is 4.95. The minimum atomic E-state index is 0.334. The van der Waals surface area contributed by atoms with E-state index in [-0.39, 0.29) is 0 Å². The van der Waals surface area contributed by atoms with E-state index in [9.17, 15) is 0 Å². The fourth-order valence-electron chi connectivity index (χ4n) is 2.01. The Hall–Kier alpha value is -0.0800. The normalized spacial score (nSPS) is 23.4. The molecule has 84 valence electrons. The van der Waals surface area contributed by atoms with Crippen molar-refractivity contribution >= 4 is 0 Å². The van der Waals surface area contributed by atoms with Crippen molar-refractivity contribution in [3.05, 3.63) is 0 Å². The molecule has 1 unspecified atom stereocenters. The quantitative estimate of drug-likeness (QED) is 0.735. The van der Waals surface area contributed by atoms with Gasteiger partial charge in [-0.1, -0.05) is 20.3 Å². The highest BCUT2D eigenvalue weighted by molar-refractivity contribution is 4.85. The molecule has 1 saturated heterocycles. The zero-order valence-electron chi connectivity index (χ0n) is 9.94. The Kier molecular flexibility index (Phi) is 4.90. The molecule has 0 amide bonds. The second kappa shape index (κ2) is 5.72. The van der Waals surface area contributed by atoms with E-state index < -0.39 is 0 Å². The van der Waals surface area contributed by atoms with Gasteiger partial charge in [-0.25, -0.2) is 0 Å². The summed E-state index contributed by atoms with van der Waals surface area (Å²) in [5.74, 6) is 0.805. The molecule has 1 rings (SSSR count). The van der Waals surface area contributed by atoms with Crippen molar-refractivity contribution in [2.45, 2.75) is 52.0 Å². The predicted octanol–water partition coefficient (Wildman–Crippen LogP) is 2.58. The first-order chi connectivity index (χ1) is 6.66. The highest BCUT2D eigenvalue weighted by Gasteiger charge is 2.26. The SMILES string of the molecule is CCCC(C)CNC1(C)CCOCC1. The van der Waals surface area contributed by atoms with Crippen LogP contribution in [-0.4, -0.2) is 25.3 Å². The van der Waals surface area contributed by atoms with Crippen molar-refractivity contribution in [2.24, 2.45) is 5.92 Å². The maximum absolute atomic E-state index is 5.38. The van der Waals surface area contributed by atoms with Crippen LogP contribution in [0.15, 0.2) is 0 Å². The summed E-state index contributed by atoms with van der Waals surface area (Å²) >= 11 is 0. The van der Waals surface area contributed by atoms with Gasteiger partial charge in [-0.2, -0.15) is 0 Å². The zero-order valence-corrected chi connectivity index (χ0v) is 9.94. The lowest BCUT2D eigenvalue weighted by molar-refractivity contribution is 0.0439. The molecule has 1 N–H and O–H groups in total. The van der Waals surface area contributed by atoms with E-state index in [0.29, 0.717) is 5.54 Å². The van der Waals surface area contributed by atoms with Gasteiger partial charge < -0.3 is 10.1 Å². The number of hydrogen-bond acceptors (Lipinski definition) is 2. The fraction of sp³-hybridized carbons (Fsp3) is 1.00. The van der Waals surface area contributed by atoms with Gasteiger partial charge >= 0.3 is 0 Å². The first-order valence-electron chi connectivity index (χ1n) is 5.99. The van der Waals surface area contributed by atoms with Crippen molar-refractivity contribution < 1.29 is 4.74 Å². The van der Waals surface area contributed by atoms with E-state index in [4.69, 9.17) is 4.74 Å². The maximum atomic E-state index is 5.38. The number of rotatable bonds is 5. The highest BCUT2D eigenvalue weighted by atomic mass is 16.5. The molecule has 0 aromatic carbocycles. The third kappa shape index (κ3) is 3.97. The monoisotopic (exact) mass is 199 g/mol. The molecule has 1 aliphatic heterocycles. The molecule has 0 aliphatic carbocycles. The minimum Gasteiger partial charge on any atom is -0.381 e. The van der Waals surface area contributed by atoms with Gasteiger partial charge in [0, 0.05) is 18.8 Å². The Bertz CT molecular complexity index is 152. The van der Waals surface area contributed by atoms with E-state index in [1.54, 1.807) is 0 Å². The summed E-state index contributed by atoms with van der Waals surface area (Å²) in [5.41, 5.74) is 0.334. The first kappa shape index (κ1) is 12.0. The first-order valence-corrected chi connectivity index (χ1v) is 5.99. The molecular formula is C12H25NO. The standard InChI is InChI=1S/C12H25NO/c1-4-5-11(2)10-13-12(3)6-8-14-9-7-12/h11,13H,4-10H2,1-3H3. The smallest absolute Gasteiger partial charge is 0.0483 e. The Morgan fingerprint density at radius 1 is 1.36 bits per heavy atom. The summed E-state index contributed by atoms with van der Waals surface area (Å²) in [6, 6.07) is 0. The molecule has 14 heavy (non-hydrogen) atoms. The molecule has 2 nitrogen and oxygen atoms in total. The highest BCUT2D eigenvalue weighted by Crippen LogP contribution is 2.20. The average molecular weight is 199 g/mol. The topological polar surface area (TPSA) is 21.3 Å². The lowest BCUT2D eigenvalue weighted by atomic mass is 9.91. The Labute approximate surface area is 88.4 Å². The van der Waals surface area contributed by atoms with E-state index in [2.05, 4.69) is 26.1 Å². The summed E-state index contributed by atoms with van der Waals surface area (Å²) in [6.45, 7) is 9.92. The third-order valence-corrected chi connectivity index (χ3v) is 3.26. The molecule has 1 heterocycles. The van der Waals surface area contributed by atoms with Crippen molar-refractivity contribution in [3.63, 3.8) is 0 Å². The second-order valence-corrected chi connectivity index (χ2v) is 4.95. The van der Waals surface area contributed by atoms with Crippen LogP contribution >= 0.6 is 0 Å². The molecule has 2 heteroatoms. The minimum absolute atomic E-state index is 0.334. The van der Waals surface area contributed by atoms with Crippen molar-refractivity contribution in [3.8, 4) is 0 Å². The van der Waals surface area contributed by atoms with Gasteiger partial charge in [-0.05, 0) is 38.6 Å². The van der Waals surface area contributed by atoms with Gasteiger partial charge in [0.15, 0.2) is 0 Å². The third-order valence-electron chi connectivity index (χ3n) is 3.26. The number of ether oxygens (including phenoxy) is 1. The molecule has 0 saturated carbocycles. The van der Waals surface area contributed by atoms with Crippen LogP contribution in [-0.2, 0) is 4.74 Å². The van der Waals surface area contributed by atoms with Crippen molar-refractivity contribution in [2.75, 3.05) is 19.8 Å². The Morgan fingerprint density at radius 2 is 2.00 bits per heavy atom. The van der Waals surface area contributed by atoms with E-state index >= 15 is 0 Å². The van der Waals surface area contributed by atoms with Crippen LogP contribution in [0.25, 0.3) is 0 Å². The molecule has 0 aromatic heterocycles. The van der Waals surface area contributed by atoms with Crippen LogP contribution < -0.4 is 5.32 Å².